The van der Waals surface area contributed by atoms with Crippen molar-refractivity contribution >= 4 is 34.6 Å². The van der Waals surface area contributed by atoms with Crippen LogP contribution in [0.3, 0.4) is 0 Å². The largest absolute Gasteiger partial charge is 0.462 e. The molecule has 10 nitrogen and oxygen atoms in total. The van der Waals surface area contributed by atoms with Crippen molar-refractivity contribution in [2.45, 2.75) is 47.6 Å². The van der Waals surface area contributed by atoms with Gasteiger partial charge in [-0.3, -0.25) is 24.3 Å². The number of rotatable bonds is 7. The fourth-order valence-electron chi connectivity index (χ4n) is 4.54. The van der Waals surface area contributed by atoms with Crippen LogP contribution < -0.4 is 10.9 Å². The van der Waals surface area contributed by atoms with Gasteiger partial charge in [0.05, 0.1) is 23.6 Å². The number of fused-ring (bicyclic) bond motifs is 1. The molecule has 0 aliphatic carbocycles. The second-order valence-electron chi connectivity index (χ2n) is 8.75. The second-order valence-corrected chi connectivity index (χ2v) is 8.75. The van der Waals surface area contributed by atoms with Crippen LogP contribution in [0.25, 0.3) is 16.7 Å². The number of anilines is 1. The number of aromatic nitrogens is 3. The van der Waals surface area contributed by atoms with E-state index in [1.54, 1.807) is 18.5 Å². The molecule has 0 radical (unpaired) electrons. The zero-order valence-corrected chi connectivity index (χ0v) is 21.5. The number of aryl methyl sites for hydroxylation is 3. The van der Waals surface area contributed by atoms with E-state index in [9.17, 15) is 19.2 Å². The van der Waals surface area contributed by atoms with E-state index < -0.39 is 29.3 Å². The maximum atomic E-state index is 13.5. The highest BCUT2D eigenvalue weighted by molar-refractivity contribution is 6.11. The molecule has 3 aromatic heterocycles. The number of ketones is 1. The SMILES string of the molecule is CCOC(=O)c1c(NC(=O)C(C)n2c(=O)cc(C)c3c(C)nn(-c4ccccc4)c32)oc(C)c1C(C)=O. The number of carbonyl (C=O) groups excluding carboxylic acids is 3. The maximum absolute atomic E-state index is 13.5. The lowest BCUT2D eigenvalue weighted by molar-refractivity contribution is -0.118. The predicted molar refractivity (Wildman–Crippen MR) is 138 cm³/mol. The van der Waals surface area contributed by atoms with E-state index in [0.29, 0.717) is 11.3 Å². The lowest BCUT2D eigenvalue weighted by Gasteiger charge is -2.18. The molecule has 1 N–H and O–H groups in total. The summed E-state index contributed by atoms with van der Waals surface area (Å²) in [6.07, 6.45) is 0. The number of ether oxygens (including phenoxy) is 1. The fourth-order valence-corrected chi connectivity index (χ4v) is 4.54. The number of hydrogen-bond acceptors (Lipinski definition) is 7. The van der Waals surface area contributed by atoms with Gasteiger partial charge in [-0.15, -0.1) is 0 Å². The standard InChI is InChI=1S/C27H28N4O6/c1-7-36-27(35)23-22(17(5)32)18(6)37-25(23)28-24(34)16(4)30-20(33)13-14(2)21-15(3)29-31(26(21)30)19-11-9-8-10-12-19/h8-13,16H,7H2,1-6H3,(H,28,34). The highest BCUT2D eigenvalue weighted by atomic mass is 16.5. The first kappa shape index (κ1) is 25.6. The number of hydrogen-bond donors (Lipinski definition) is 1. The van der Waals surface area contributed by atoms with Gasteiger partial charge in [0.1, 0.15) is 23.0 Å². The van der Waals surface area contributed by atoms with Gasteiger partial charge >= 0.3 is 5.97 Å². The summed E-state index contributed by atoms with van der Waals surface area (Å²) in [5, 5.41) is 7.99. The van der Waals surface area contributed by atoms with E-state index in [4.69, 9.17) is 9.15 Å². The van der Waals surface area contributed by atoms with Gasteiger partial charge in [0.15, 0.2) is 5.78 Å². The third kappa shape index (κ3) is 4.46. The van der Waals surface area contributed by atoms with E-state index in [1.165, 1.54) is 24.5 Å². The number of para-hydroxylation sites is 1. The van der Waals surface area contributed by atoms with Crippen LogP contribution in [-0.2, 0) is 9.53 Å². The van der Waals surface area contributed by atoms with Crippen LogP contribution in [0, 0.1) is 20.8 Å². The van der Waals surface area contributed by atoms with Crippen molar-refractivity contribution in [2.24, 2.45) is 0 Å². The van der Waals surface area contributed by atoms with Crippen molar-refractivity contribution < 1.29 is 23.5 Å². The molecule has 10 heteroatoms. The molecule has 1 aromatic carbocycles. The first-order valence-electron chi connectivity index (χ1n) is 11.9. The van der Waals surface area contributed by atoms with Gasteiger partial charge in [-0.05, 0) is 59.2 Å². The van der Waals surface area contributed by atoms with Crippen LogP contribution >= 0.6 is 0 Å². The molecule has 1 amide bonds. The molecule has 1 atom stereocenters. The Balaban J connectivity index is 1.84. The molecule has 0 aliphatic rings. The van der Waals surface area contributed by atoms with Crippen molar-refractivity contribution in [1.82, 2.24) is 14.3 Å². The Morgan fingerprint density at radius 2 is 1.78 bits per heavy atom. The topological polar surface area (TPSA) is 125 Å². The average molecular weight is 505 g/mol. The molecule has 1 unspecified atom stereocenters. The molecule has 0 saturated carbocycles. The first-order chi connectivity index (χ1) is 17.6. The zero-order chi connectivity index (χ0) is 27.0. The number of nitrogens with zero attached hydrogens (tertiary/aromatic N) is 3. The van der Waals surface area contributed by atoms with Gasteiger partial charge in [-0.1, -0.05) is 18.2 Å². The molecule has 37 heavy (non-hydrogen) atoms. The summed E-state index contributed by atoms with van der Waals surface area (Å²) >= 11 is 0. The van der Waals surface area contributed by atoms with Gasteiger partial charge in [-0.2, -0.15) is 5.10 Å². The molecule has 0 fully saturated rings. The summed E-state index contributed by atoms with van der Waals surface area (Å²) in [5.41, 5.74) is 2.12. The summed E-state index contributed by atoms with van der Waals surface area (Å²) in [4.78, 5) is 51.6. The molecule has 4 rings (SSSR count). The van der Waals surface area contributed by atoms with E-state index in [2.05, 4.69) is 10.4 Å². The normalized spacial score (nSPS) is 11.9. The predicted octanol–water partition coefficient (Wildman–Crippen LogP) is 4.28. The molecular weight excluding hydrogens is 476 g/mol. The van der Waals surface area contributed by atoms with E-state index in [-0.39, 0.29) is 29.4 Å². The Morgan fingerprint density at radius 3 is 2.41 bits per heavy atom. The summed E-state index contributed by atoms with van der Waals surface area (Å²) < 4.78 is 13.7. The van der Waals surface area contributed by atoms with Crippen molar-refractivity contribution in [3.8, 4) is 5.69 Å². The van der Waals surface area contributed by atoms with E-state index >= 15 is 0 Å². The quantitative estimate of drug-likeness (QED) is 0.294. The van der Waals surface area contributed by atoms with Crippen molar-refractivity contribution in [1.29, 1.82) is 0 Å². The van der Waals surface area contributed by atoms with Crippen LogP contribution in [0.5, 0.6) is 0 Å². The molecule has 0 bridgehead atoms. The number of benzene rings is 1. The summed E-state index contributed by atoms with van der Waals surface area (Å²) in [5.74, 6) is -1.86. The van der Waals surface area contributed by atoms with Crippen molar-refractivity contribution in [3.63, 3.8) is 0 Å². The van der Waals surface area contributed by atoms with Crippen LogP contribution in [0.15, 0.2) is 45.6 Å². The Bertz CT molecular complexity index is 1590. The highest BCUT2D eigenvalue weighted by Gasteiger charge is 2.31. The third-order valence-corrected chi connectivity index (χ3v) is 6.16. The molecule has 0 saturated heterocycles. The fraction of sp³-hybridized carbons (Fsp3) is 0.296. The van der Waals surface area contributed by atoms with Crippen LogP contribution in [0.4, 0.5) is 5.88 Å². The molecular formula is C27H28N4O6. The Morgan fingerprint density at radius 1 is 1.11 bits per heavy atom. The number of amides is 1. The summed E-state index contributed by atoms with van der Waals surface area (Å²) in [7, 11) is 0. The maximum Gasteiger partial charge on any atom is 0.344 e. The number of carbonyl (C=O) groups is 3. The number of pyridine rings is 1. The third-order valence-electron chi connectivity index (χ3n) is 6.16. The molecule has 0 aliphatic heterocycles. The molecule has 3 heterocycles. The highest BCUT2D eigenvalue weighted by Crippen LogP contribution is 2.30. The minimum Gasteiger partial charge on any atom is -0.462 e. The molecule has 192 valence electrons. The molecule has 4 aromatic rings. The smallest absolute Gasteiger partial charge is 0.344 e. The minimum absolute atomic E-state index is 0.0362. The lowest BCUT2D eigenvalue weighted by Crippen LogP contribution is -2.33. The zero-order valence-electron chi connectivity index (χ0n) is 21.5. The monoisotopic (exact) mass is 504 g/mol. The van der Waals surface area contributed by atoms with Gasteiger partial charge in [0.2, 0.25) is 11.8 Å². The molecule has 0 spiro atoms. The van der Waals surface area contributed by atoms with Gasteiger partial charge in [0.25, 0.3) is 5.56 Å². The lowest BCUT2D eigenvalue weighted by atomic mass is 10.1. The van der Waals surface area contributed by atoms with Crippen LogP contribution in [0.2, 0.25) is 0 Å². The van der Waals surface area contributed by atoms with Crippen LogP contribution in [-0.4, -0.2) is 38.6 Å². The summed E-state index contributed by atoms with van der Waals surface area (Å²) in [6, 6.07) is 9.73. The van der Waals surface area contributed by atoms with E-state index in [0.717, 1.165) is 16.6 Å². The Hall–Kier alpha value is -4.47. The number of Topliss-reactive ketones (excluding diaryl/α,β-unsaturated/α-hetero) is 1. The Labute approximate surface area is 212 Å². The summed E-state index contributed by atoms with van der Waals surface area (Å²) in [6.45, 7) is 9.75. The minimum atomic E-state index is -1.03. The number of furan rings is 1. The van der Waals surface area contributed by atoms with Crippen LogP contribution in [0.1, 0.15) is 64.5 Å². The second kappa shape index (κ2) is 9.88. The van der Waals surface area contributed by atoms with Gasteiger partial charge in [0, 0.05) is 11.5 Å². The van der Waals surface area contributed by atoms with Crippen molar-refractivity contribution in [3.05, 3.63) is 74.9 Å². The Kier molecular flexibility index (Phi) is 6.84. The first-order valence-corrected chi connectivity index (χ1v) is 11.9. The van der Waals surface area contributed by atoms with E-state index in [1.807, 2.05) is 44.2 Å². The van der Waals surface area contributed by atoms with Crippen molar-refractivity contribution in [2.75, 3.05) is 11.9 Å². The van der Waals surface area contributed by atoms with Gasteiger partial charge < -0.3 is 9.15 Å². The number of nitrogens with one attached hydrogen (secondary N) is 1. The van der Waals surface area contributed by atoms with Gasteiger partial charge in [-0.25, -0.2) is 9.48 Å². The number of esters is 1. The average Bonchev–Trinajstić information content (AvgIpc) is 3.36.